The van der Waals surface area contributed by atoms with Crippen molar-refractivity contribution in [1.82, 2.24) is 0 Å². The predicted octanol–water partition coefficient (Wildman–Crippen LogP) is 1.75. The average molecular weight is 218 g/mol. The van der Waals surface area contributed by atoms with Gasteiger partial charge in [-0.15, -0.1) is 0 Å². The molecule has 0 spiro atoms. The van der Waals surface area contributed by atoms with Crippen LogP contribution in [-0.4, -0.2) is 26.5 Å². The molecule has 0 bridgehead atoms. The highest BCUT2D eigenvalue weighted by Crippen LogP contribution is 2.30. The van der Waals surface area contributed by atoms with E-state index in [-0.39, 0.29) is 11.2 Å². The lowest BCUT2D eigenvalue weighted by Crippen LogP contribution is -2.30. The molecular weight excluding hydrogens is 200 g/mol. The van der Waals surface area contributed by atoms with Crippen LogP contribution >= 0.6 is 0 Å². The second kappa shape index (κ2) is 4.34. The van der Waals surface area contributed by atoms with Crippen molar-refractivity contribution in [2.45, 2.75) is 26.2 Å². The molecule has 3 nitrogen and oxygen atoms in total. The molecule has 0 aromatic heterocycles. The van der Waals surface area contributed by atoms with Crippen molar-refractivity contribution in [2.75, 3.05) is 18.1 Å². The standard InChI is InChI=1S/C10H18O3S/c1-3-13-8-10(2)6-4-5-7-14(11,12)9-10/h3H,1,4-9H2,2H3. The molecule has 1 aliphatic heterocycles. The van der Waals surface area contributed by atoms with Gasteiger partial charge in [-0.2, -0.15) is 0 Å². The van der Waals surface area contributed by atoms with E-state index >= 15 is 0 Å². The van der Waals surface area contributed by atoms with Crippen LogP contribution in [0.1, 0.15) is 26.2 Å². The van der Waals surface area contributed by atoms with E-state index in [1.165, 1.54) is 6.26 Å². The first-order valence-corrected chi connectivity index (χ1v) is 6.73. The van der Waals surface area contributed by atoms with Gasteiger partial charge in [0.05, 0.1) is 24.4 Å². The van der Waals surface area contributed by atoms with Gasteiger partial charge in [0.15, 0.2) is 9.84 Å². The van der Waals surface area contributed by atoms with Crippen molar-refractivity contribution in [2.24, 2.45) is 5.41 Å². The van der Waals surface area contributed by atoms with Gasteiger partial charge in [0.2, 0.25) is 0 Å². The number of ether oxygens (including phenoxy) is 1. The van der Waals surface area contributed by atoms with Crippen molar-refractivity contribution >= 4 is 9.84 Å². The fourth-order valence-corrected chi connectivity index (χ4v) is 4.00. The lowest BCUT2D eigenvalue weighted by molar-refractivity contribution is 0.132. The Bertz CT molecular complexity index is 294. The summed E-state index contributed by atoms with van der Waals surface area (Å²) in [7, 11) is -2.87. The van der Waals surface area contributed by atoms with Gasteiger partial charge in [-0.25, -0.2) is 8.42 Å². The summed E-state index contributed by atoms with van der Waals surface area (Å²) >= 11 is 0. The van der Waals surface area contributed by atoms with E-state index in [1.54, 1.807) is 0 Å². The normalized spacial score (nSPS) is 31.8. The molecule has 4 heteroatoms. The van der Waals surface area contributed by atoms with Crippen LogP contribution in [0.15, 0.2) is 12.8 Å². The van der Waals surface area contributed by atoms with Crippen molar-refractivity contribution in [3.63, 3.8) is 0 Å². The molecule has 0 aromatic rings. The summed E-state index contributed by atoms with van der Waals surface area (Å²) in [6.45, 7) is 5.89. The molecule has 1 atom stereocenters. The Morgan fingerprint density at radius 2 is 2.21 bits per heavy atom. The fourth-order valence-electron chi connectivity index (χ4n) is 1.92. The molecule has 0 saturated carbocycles. The molecule has 1 saturated heterocycles. The highest BCUT2D eigenvalue weighted by molar-refractivity contribution is 7.91. The smallest absolute Gasteiger partial charge is 0.150 e. The largest absolute Gasteiger partial charge is 0.501 e. The van der Waals surface area contributed by atoms with Gasteiger partial charge in [0, 0.05) is 5.41 Å². The number of hydrogen-bond acceptors (Lipinski definition) is 3. The molecule has 0 N–H and O–H groups in total. The minimum atomic E-state index is -2.87. The highest BCUT2D eigenvalue weighted by atomic mass is 32.2. The Labute approximate surface area is 86.1 Å². The summed E-state index contributed by atoms with van der Waals surface area (Å²) in [5.41, 5.74) is -0.233. The lowest BCUT2D eigenvalue weighted by atomic mass is 9.88. The van der Waals surface area contributed by atoms with Crippen LogP contribution in [0.2, 0.25) is 0 Å². The first-order chi connectivity index (χ1) is 6.47. The molecule has 1 fully saturated rings. The van der Waals surface area contributed by atoms with E-state index in [9.17, 15) is 8.42 Å². The Morgan fingerprint density at radius 1 is 1.50 bits per heavy atom. The van der Waals surface area contributed by atoms with E-state index in [0.717, 1.165) is 19.3 Å². The molecule has 1 heterocycles. The first-order valence-electron chi connectivity index (χ1n) is 4.90. The van der Waals surface area contributed by atoms with Gasteiger partial charge >= 0.3 is 0 Å². The van der Waals surface area contributed by atoms with E-state index < -0.39 is 9.84 Å². The molecular formula is C10H18O3S. The summed E-state index contributed by atoms with van der Waals surface area (Å²) < 4.78 is 28.3. The quantitative estimate of drug-likeness (QED) is 0.678. The molecule has 1 rings (SSSR count). The van der Waals surface area contributed by atoms with Crippen LogP contribution in [0.4, 0.5) is 0 Å². The molecule has 0 amide bonds. The van der Waals surface area contributed by atoms with Crippen LogP contribution < -0.4 is 0 Å². The molecule has 82 valence electrons. The minimum Gasteiger partial charge on any atom is -0.501 e. The monoisotopic (exact) mass is 218 g/mol. The maximum atomic E-state index is 11.6. The van der Waals surface area contributed by atoms with Crippen LogP contribution in [-0.2, 0) is 14.6 Å². The second-order valence-electron chi connectivity index (χ2n) is 4.34. The molecule has 0 radical (unpaired) electrons. The summed E-state index contributed by atoms with van der Waals surface area (Å²) in [5.74, 6) is 0.574. The zero-order chi connectivity index (χ0) is 10.7. The van der Waals surface area contributed by atoms with E-state index in [1.807, 2.05) is 6.92 Å². The third-order valence-electron chi connectivity index (χ3n) is 2.60. The molecule has 14 heavy (non-hydrogen) atoms. The van der Waals surface area contributed by atoms with E-state index in [4.69, 9.17) is 4.74 Å². The maximum Gasteiger partial charge on any atom is 0.150 e. The molecule has 1 aliphatic rings. The number of rotatable bonds is 3. The van der Waals surface area contributed by atoms with Crippen LogP contribution in [0.25, 0.3) is 0 Å². The summed E-state index contributed by atoms with van der Waals surface area (Å²) in [4.78, 5) is 0. The predicted molar refractivity (Wildman–Crippen MR) is 56.8 cm³/mol. The zero-order valence-electron chi connectivity index (χ0n) is 8.66. The molecule has 1 unspecified atom stereocenters. The average Bonchev–Trinajstić information content (AvgIpc) is 2.21. The third-order valence-corrected chi connectivity index (χ3v) is 4.65. The maximum absolute atomic E-state index is 11.6. The van der Waals surface area contributed by atoms with Crippen molar-refractivity contribution < 1.29 is 13.2 Å². The molecule has 0 aromatic carbocycles. The Morgan fingerprint density at radius 3 is 2.86 bits per heavy atom. The van der Waals surface area contributed by atoms with Crippen LogP contribution in [0.5, 0.6) is 0 Å². The minimum absolute atomic E-state index is 0.233. The van der Waals surface area contributed by atoms with Gasteiger partial charge in [0.1, 0.15) is 0 Å². The Hall–Kier alpha value is -0.510. The Kier molecular flexibility index (Phi) is 3.59. The second-order valence-corrected chi connectivity index (χ2v) is 6.52. The number of hydrogen-bond donors (Lipinski definition) is 0. The van der Waals surface area contributed by atoms with Gasteiger partial charge < -0.3 is 4.74 Å². The van der Waals surface area contributed by atoms with Crippen molar-refractivity contribution in [1.29, 1.82) is 0 Å². The van der Waals surface area contributed by atoms with Gasteiger partial charge in [-0.3, -0.25) is 0 Å². The van der Waals surface area contributed by atoms with Gasteiger partial charge in [-0.1, -0.05) is 19.9 Å². The topological polar surface area (TPSA) is 43.4 Å². The number of sulfone groups is 1. The summed E-state index contributed by atoms with van der Waals surface area (Å²) in [6, 6.07) is 0. The summed E-state index contributed by atoms with van der Waals surface area (Å²) in [5, 5.41) is 0. The van der Waals surface area contributed by atoms with Gasteiger partial charge in [0.25, 0.3) is 0 Å². The highest BCUT2D eigenvalue weighted by Gasteiger charge is 2.33. The van der Waals surface area contributed by atoms with E-state index in [2.05, 4.69) is 6.58 Å². The van der Waals surface area contributed by atoms with Crippen LogP contribution in [0.3, 0.4) is 0 Å². The zero-order valence-corrected chi connectivity index (χ0v) is 9.48. The fraction of sp³-hybridized carbons (Fsp3) is 0.800. The summed E-state index contributed by atoms with van der Waals surface area (Å²) in [6.07, 6.45) is 4.05. The SMILES string of the molecule is C=COCC1(C)CCCCS(=O)(=O)C1. The van der Waals surface area contributed by atoms with Crippen molar-refractivity contribution in [3.8, 4) is 0 Å². The van der Waals surface area contributed by atoms with Crippen LogP contribution in [0, 0.1) is 5.41 Å². The third kappa shape index (κ3) is 3.33. The lowest BCUT2D eigenvalue weighted by Gasteiger charge is -2.26. The Balaban J connectivity index is 2.70. The van der Waals surface area contributed by atoms with Crippen molar-refractivity contribution in [3.05, 3.63) is 12.8 Å². The van der Waals surface area contributed by atoms with E-state index in [0.29, 0.717) is 12.4 Å². The first kappa shape index (κ1) is 11.6. The molecule has 0 aliphatic carbocycles. The van der Waals surface area contributed by atoms with Gasteiger partial charge in [-0.05, 0) is 12.8 Å².